The number of hydrogen-bond donors (Lipinski definition) is 0. The number of benzene rings is 2. The first-order valence-electron chi connectivity index (χ1n) is 8.04. The van der Waals surface area contributed by atoms with E-state index in [-0.39, 0.29) is 11.5 Å². The second kappa shape index (κ2) is 8.01. The van der Waals surface area contributed by atoms with Gasteiger partial charge in [0, 0.05) is 12.3 Å². The lowest BCUT2D eigenvalue weighted by Crippen LogP contribution is -2.22. The Morgan fingerprint density at radius 1 is 1.27 bits per heavy atom. The summed E-state index contributed by atoms with van der Waals surface area (Å²) in [6, 6.07) is 14.5. The molecule has 0 aliphatic carbocycles. The number of hydrogen-bond acceptors (Lipinski definition) is 5. The van der Waals surface area contributed by atoms with Crippen LogP contribution in [0.3, 0.4) is 0 Å². The summed E-state index contributed by atoms with van der Waals surface area (Å²) < 4.78 is 6.37. The van der Waals surface area contributed by atoms with Gasteiger partial charge in [-0.25, -0.2) is 9.78 Å². The Balaban J connectivity index is 1.93. The average Bonchev–Trinajstić information content (AvgIpc) is 2.68. The zero-order valence-electron chi connectivity index (χ0n) is 14.3. The molecule has 0 N–H and O–H groups in total. The molecule has 132 valence electrons. The number of aromatic nitrogens is 2. The van der Waals surface area contributed by atoms with Crippen molar-refractivity contribution in [1.29, 1.82) is 0 Å². The molecule has 0 amide bonds. The maximum atomic E-state index is 12.7. The number of carbonyl (C=O) groups excluding carboxylic acids is 1. The summed E-state index contributed by atoms with van der Waals surface area (Å²) in [5.74, 6) is 0.205. The Hall–Kier alpha value is -2.86. The molecule has 0 atom stereocenters. The van der Waals surface area contributed by atoms with Crippen molar-refractivity contribution >= 4 is 28.6 Å². The second-order valence-corrected chi connectivity index (χ2v) is 6.54. The summed E-state index contributed by atoms with van der Waals surface area (Å²) in [6.07, 6.45) is 1.68. The number of nitrogens with zero attached hydrogens (tertiary/aromatic N) is 2. The van der Waals surface area contributed by atoms with Gasteiger partial charge in [-0.2, -0.15) is 0 Å². The lowest BCUT2D eigenvalue weighted by atomic mass is 10.1. The molecule has 0 aliphatic heterocycles. The molecule has 0 unspecified atom stereocenters. The topological polar surface area (TPSA) is 61.2 Å². The summed E-state index contributed by atoms with van der Waals surface area (Å²) in [7, 11) is 1.36. The van der Waals surface area contributed by atoms with Crippen LogP contribution in [-0.4, -0.2) is 22.6 Å². The number of para-hydroxylation sites is 1. The molecule has 2 aromatic carbocycles. The Kier molecular flexibility index (Phi) is 5.53. The molecule has 5 nitrogen and oxygen atoms in total. The first kappa shape index (κ1) is 17.9. The third-order valence-corrected chi connectivity index (χ3v) is 4.90. The fourth-order valence-corrected chi connectivity index (χ4v) is 3.55. The number of fused-ring (bicyclic) bond motifs is 1. The third kappa shape index (κ3) is 3.70. The summed E-state index contributed by atoms with van der Waals surface area (Å²) in [5, 5.41) is 1.21. The zero-order chi connectivity index (χ0) is 18.5. The highest BCUT2D eigenvalue weighted by Crippen LogP contribution is 2.23. The average molecular weight is 366 g/mol. The van der Waals surface area contributed by atoms with E-state index in [9.17, 15) is 9.59 Å². The van der Waals surface area contributed by atoms with Gasteiger partial charge in [0.15, 0.2) is 5.16 Å². The minimum atomic E-state index is -0.371. The van der Waals surface area contributed by atoms with Gasteiger partial charge in [0.05, 0.1) is 23.6 Å². The van der Waals surface area contributed by atoms with Crippen molar-refractivity contribution in [3.8, 4) is 0 Å². The van der Waals surface area contributed by atoms with Crippen LogP contribution in [0.2, 0.25) is 0 Å². The van der Waals surface area contributed by atoms with E-state index >= 15 is 0 Å². The Morgan fingerprint density at radius 3 is 2.85 bits per heavy atom. The van der Waals surface area contributed by atoms with Crippen molar-refractivity contribution in [2.24, 2.45) is 0 Å². The highest BCUT2D eigenvalue weighted by Gasteiger charge is 2.11. The standard InChI is InChI=1S/C20H18N2O3S/c1-3-11-22-18(23)16-9-4-5-10-17(16)21-20(22)26-13-14-7-6-8-15(12-14)19(24)25-2/h3-10,12H,1,11,13H2,2H3. The number of carbonyl (C=O) groups is 1. The third-order valence-electron chi connectivity index (χ3n) is 3.85. The monoisotopic (exact) mass is 366 g/mol. The molecule has 0 saturated carbocycles. The summed E-state index contributed by atoms with van der Waals surface area (Å²) in [6.45, 7) is 4.12. The maximum absolute atomic E-state index is 12.7. The zero-order valence-corrected chi connectivity index (χ0v) is 15.2. The van der Waals surface area contributed by atoms with E-state index in [2.05, 4.69) is 11.6 Å². The smallest absolute Gasteiger partial charge is 0.337 e. The molecule has 6 heteroatoms. The molecular formula is C20H18N2O3S. The van der Waals surface area contributed by atoms with Crippen LogP contribution in [0, 0.1) is 0 Å². The van der Waals surface area contributed by atoms with Gasteiger partial charge in [-0.1, -0.05) is 42.1 Å². The van der Waals surface area contributed by atoms with E-state index < -0.39 is 0 Å². The molecule has 1 aromatic heterocycles. The number of ether oxygens (including phenoxy) is 1. The number of rotatable bonds is 6. The van der Waals surface area contributed by atoms with E-state index in [1.807, 2.05) is 30.3 Å². The molecule has 0 saturated heterocycles. The molecule has 1 heterocycles. The summed E-state index contributed by atoms with van der Waals surface area (Å²) >= 11 is 1.45. The largest absolute Gasteiger partial charge is 0.465 e. The molecule has 0 aliphatic rings. The van der Waals surface area contributed by atoms with Crippen molar-refractivity contribution in [2.45, 2.75) is 17.5 Å². The maximum Gasteiger partial charge on any atom is 0.337 e. The lowest BCUT2D eigenvalue weighted by Gasteiger charge is -2.11. The molecule has 0 spiro atoms. The Labute approximate surface area is 155 Å². The van der Waals surface area contributed by atoms with Gasteiger partial charge in [0.1, 0.15) is 0 Å². The van der Waals surface area contributed by atoms with E-state index in [0.29, 0.717) is 33.9 Å². The molecule has 3 rings (SSSR count). The number of allylic oxidation sites excluding steroid dienone is 1. The molecule has 0 bridgehead atoms. The fraction of sp³-hybridized carbons (Fsp3) is 0.150. The van der Waals surface area contributed by atoms with Crippen LogP contribution in [0.1, 0.15) is 15.9 Å². The van der Waals surface area contributed by atoms with Gasteiger partial charge in [0.25, 0.3) is 5.56 Å². The predicted molar refractivity (Wildman–Crippen MR) is 104 cm³/mol. The van der Waals surface area contributed by atoms with Gasteiger partial charge in [-0.05, 0) is 29.8 Å². The van der Waals surface area contributed by atoms with Crippen molar-refractivity contribution in [3.05, 3.63) is 82.7 Å². The highest BCUT2D eigenvalue weighted by molar-refractivity contribution is 7.98. The minimum absolute atomic E-state index is 0.0821. The van der Waals surface area contributed by atoms with Crippen LogP contribution in [0.4, 0.5) is 0 Å². The van der Waals surface area contributed by atoms with Gasteiger partial charge in [-0.3, -0.25) is 9.36 Å². The minimum Gasteiger partial charge on any atom is -0.465 e. The molecular weight excluding hydrogens is 348 g/mol. The fourth-order valence-electron chi connectivity index (χ4n) is 2.60. The molecule has 26 heavy (non-hydrogen) atoms. The van der Waals surface area contributed by atoms with Crippen molar-refractivity contribution in [1.82, 2.24) is 9.55 Å². The Bertz CT molecular complexity index is 1030. The Morgan fingerprint density at radius 2 is 2.08 bits per heavy atom. The summed E-state index contributed by atoms with van der Waals surface area (Å²) in [4.78, 5) is 29.0. The predicted octanol–water partition coefficient (Wildman–Crippen LogP) is 3.66. The summed E-state index contributed by atoms with van der Waals surface area (Å²) in [5.41, 5.74) is 2.04. The molecule has 3 aromatic rings. The normalized spacial score (nSPS) is 10.7. The quantitative estimate of drug-likeness (QED) is 0.288. The van der Waals surface area contributed by atoms with Crippen LogP contribution in [0.25, 0.3) is 10.9 Å². The van der Waals surface area contributed by atoms with Gasteiger partial charge in [0.2, 0.25) is 0 Å². The van der Waals surface area contributed by atoms with Crippen LogP contribution >= 0.6 is 11.8 Å². The van der Waals surface area contributed by atoms with E-state index in [1.165, 1.54) is 18.9 Å². The van der Waals surface area contributed by atoms with Crippen molar-refractivity contribution < 1.29 is 9.53 Å². The van der Waals surface area contributed by atoms with E-state index in [4.69, 9.17) is 4.74 Å². The SMILES string of the molecule is C=CCn1c(SCc2cccc(C(=O)OC)c2)nc2ccccc2c1=O. The van der Waals surface area contributed by atoms with Crippen LogP contribution < -0.4 is 5.56 Å². The lowest BCUT2D eigenvalue weighted by molar-refractivity contribution is 0.0600. The first-order valence-corrected chi connectivity index (χ1v) is 9.03. The van der Waals surface area contributed by atoms with Gasteiger partial charge >= 0.3 is 5.97 Å². The van der Waals surface area contributed by atoms with E-state index in [1.54, 1.807) is 28.8 Å². The molecule has 0 radical (unpaired) electrons. The number of thioether (sulfide) groups is 1. The first-order chi connectivity index (χ1) is 12.6. The van der Waals surface area contributed by atoms with Crippen LogP contribution in [0.15, 0.2) is 71.1 Å². The van der Waals surface area contributed by atoms with Crippen molar-refractivity contribution in [2.75, 3.05) is 7.11 Å². The van der Waals surface area contributed by atoms with Crippen molar-refractivity contribution in [3.63, 3.8) is 0 Å². The number of esters is 1. The van der Waals surface area contributed by atoms with Crippen LogP contribution in [0.5, 0.6) is 0 Å². The van der Waals surface area contributed by atoms with Gasteiger partial charge < -0.3 is 4.74 Å². The molecule has 0 fully saturated rings. The van der Waals surface area contributed by atoms with Gasteiger partial charge in [-0.15, -0.1) is 6.58 Å². The highest BCUT2D eigenvalue weighted by atomic mass is 32.2. The number of methoxy groups -OCH3 is 1. The van der Waals surface area contributed by atoms with E-state index in [0.717, 1.165) is 5.56 Å². The second-order valence-electron chi connectivity index (χ2n) is 5.60. The van der Waals surface area contributed by atoms with Crippen LogP contribution in [-0.2, 0) is 17.0 Å².